The number of amides is 1. The number of hydrogen-bond acceptors (Lipinski definition) is 1. The maximum atomic E-state index is 12.3. The van der Waals surface area contributed by atoms with Crippen LogP contribution in [0.5, 0.6) is 0 Å². The quantitative estimate of drug-likeness (QED) is 0.871. The van der Waals surface area contributed by atoms with Gasteiger partial charge in [-0.3, -0.25) is 4.79 Å². The van der Waals surface area contributed by atoms with Gasteiger partial charge in [-0.1, -0.05) is 36.2 Å². The Balaban J connectivity index is 1.82. The van der Waals surface area contributed by atoms with E-state index in [2.05, 4.69) is 43.4 Å². The van der Waals surface area contributed by atoms with Gasteiger partial charge in [0.25, 0.3) is 5.91 Å². The lowest BCUT2D eigenvalue weighted by molar-refractivity contribution is -0.915. The third kappa shape index (κ3) is 5.16. The van der Waals surface area contributed by atoms with Crippen LogP contribution in [-0.2, 0) is 11.3 Å². The first-order chi connectivity index (χ1) is 10.2. The van der Waals surface area contributed by atoms with Crippen molar-refractivity contribution in [2.75, 3.05) is 13.1 Å². The maximum Gasteiger partial charge on any atom is 0.278 e. The average molecular weight is 289 g/mol. The highest BCUT2D eigenvalue weighted by Crippen LogP contribution is 2.04. The molecule has 1 saturated heterocycles. The molecular weight excluding hydrogens is 260 g/mol. The summed E-state index contributed by atoms with van der Waals surface area (Å²) >= 11 is 0. The molecule has 0 saturated carbocycles. The lowest BCUT2D eigenvalue weighted by Crippen LogP contribution is -3.16. The smallest absolute Gasteiger partial charge is 0.278 e. The number of hydrogen-bond donors (Lipinski definition) is 2. The van der Waals surface area contributed by atoms with Crippen LogP contribution in [0, 0.1) is 6.92 Å². The number of likely N-dealkylation sites (tertiary alicyclic amines) is 1. The Hall–Kier alpha value is -1.35. The monoisotopic (exact) mass is 289 g/mol. The van der Waals surface area contributed by atoms with E-state index in [1.54, 1.807) is 0 Å². The zero-order valence-electron chi connectivity index (χ0n) is 13.5. The van der Waals surface area contributed by atoms with Crippen LogP contribution in [0.25, 0.3) is 0 Å². The molecule has 2 N–H and O–H groups in total. The molecule has 0 bridgehead atoms. The van der Waals surface area contributed by atoms with E-state index in [0.717, 1.165) is 13.1 Å². The number of rotatable bonds is 4. The summed E-state index contributed by atoms with van der Waals surface area (Å²) < 4.78 is 0. The Bertz CT molecular complexity index is 433. The Morgan fingerprint density at radius 1 is 1.10 bits per heavy atom. The molecule has 0 spiro atoms. The van der Waals surface area contributed by atoms with Gasteiger partial charge in [0, 0.05) is 6.54 Å². The van der Waals surface area contributed by atoms with Crippen LogP contribution in [-0.4, -0.2) is 25.0 Å². The van der Waals surface area contributed by atoms with Gasteiger partial charge in [0.1, 0.15) is 0 Å². The minimum atomic E-state index is 0.0635. The molecule has 1 aliphatic heterocycles. The van der Waals surface area contributed by atoms with Crippen molar-refractivity contribution in [2.24, 2.45) is 0 Å². The SMILES string of the molecule is Cc1ccc(CNC(=O)[C@H](C)[NH+]2CCCCCCC2)cc1. The van der Waals surface area contributed by atoms with Crippen molar-refractivity contribution < 1.29 is 9.69 Å². The Morgan fingerprint density at radius 2 is 1.67 bits per heavy atom. The van der Waals surface area contributed by atoms with Gasteiger partial charge in [0.05, 0.1) is 13.1 Å². The first-order valence-electron chi connectivity index (χ1n) is 8.34. The van der Waals surface area contributed by atoms with Gasteiger partial charge in [-0.05, 0) is 45.1 Å². The molecule has 1 aliphatic rings. The molecule has 0 unspecified atom stereocenters. The predicted octanol–water partition coefficient (Wildman–Crippen LogP) is 1.85. The number of quaternary nitrogens is 1. The molecule has 1 atom stereocenters. The summed E-state index contributed by atoms with van der Waals surface area (Å²) in [5, 5.41) is 3.09. The summed E-state index contributed by atoms with van der Waals surface area (Å²) in [5.41, 5.74) is 2.42. The summed E-state index contributed by atoms with van der Waals surface area (Å²) in [7, 11) is 0. The zero-order valence-corrected chi connectivity index (χ0v) is 13.5. The molecule has 21 heavy (non-hydrogen) atoms. The van der Waals surface area contributed by atoms with Crippen molar-refractivity contribution in [2.45, 2.75) is 58.5 Å². The molecule has 3 heteroatoms. The van der Waals surface area contributed by atoms with E-state index in [1.807, 2.05) is 0 Å². The highest BCUT2D eigenvalue weighted by molar-refractivity contribution is 5.79. The van der Waals surface area contributed by atoms with Crippen molar-refractivity contribution in [1.29, 1.82) is 0 Å². The maximum absolute atomic E-state index is 12.3. The molecule has 3 nitrogen and oxygen atoms in total. The molecule has 0 aliphatic carbocycles. The van der Waals surface area contributed by atoms with E-state index in [0.29, 0.717) is 6.54 Å². The summed E-state index contributed by atoms with van der Waals surface area (Å²) in [6.45, 7) is 7.06. The van der Waals surface area contributed by atoms with Crippen LogP contribution in [0.3, 0.4) is 0 Å². The minimum Gasteiger partial charge on any atom is -0.347 e. The highest BCUT2D eigenvalue weighted by Gasteiger charge is 2.24. The van der Waals surface area contributed by atoms with Gasteiger partial charge in [-0.25, -0.2) is 0 Å². The standard InChI is InChI=1S/C18H28N2O/c1-15-8-10-17(11-9-15)14-19-18(21)16(2)20-12-6-4-3-5-7-13-20/h8-11,16H,3-7,12-14H2,1-2H3,(H,19,21)/p+1/t16-/m0/s1. The molecule has 116 valence electrons. The largest absolute Gasteiger partial charge is 0.347 e. The van der Waals surface area contributed by atoms with Crippen LogP contribution < -0.4 is 10.2 Å². The van der Waals surface area contributed by atoms with E-state index in [-0.39, 0.29) is 11.9 Å². The molecule has 1 aromatic rings. The van der Waals surface area contributed by atoms with Crippen molar-refractivity contribution in [3.63, 3.8) is 0 Å². The Kier molecular flexibility index (Phi) is 6.24. The van der Waals surface area contributed by atoms with Crippen LogP contribution in [0.15, 0.2) is 24.3 Å². The van der Waals surface area contributed by atoms with Crippen molar-refractivity contribution in [1.82, 2.24) is 5.32 Å². The first kappa shape index (κ1) is 16.0. The average Bonchev–Trinajstić information content (AvgIpc) is 2.45. The molecule has 2 rings (SSSR count). The lowest BCUT2D eigenvalue weighted by Gasteiger charge is -2.27. The fourth-order valence-corrected chi connectivity index (χ4v) is 3.03. The molecule has 0 radical (unpaired) electrons. The summed E-state index contributed by atoms with van der Waals surface area (Å²) in [6, 6.07) is 8.42. The summed E-state index contributed by atoms with van der Waals surface area (Å²) in [6.07, 6.45) is 6.51. The van der Waals surface area contributed by atoms with E-state index in [4.69, 9.17) is 0 Å². The number of carbonyl (C=O) groups is 1. The van der Waals surface area contributed by atoms with Gasteiger partial charge < -0.3 is 10.2 Å². The van der Waals surface area contributed by atoms with E-state index < -0.39 is 0 Å². The molecule has 1 amide bonds. The van der Waals surface area contributed by atoms with Crippen LogP contribution in [0.1, 0.15) is 50.2 Å². The summed E-state index contributed by atoms with van der Waals surface area (Å²) in [5.74, 6) is 0.186. The molecule has 1 aromatic carbocycles. The van der Waals surface area contributed by atoms with Gasteiger partial charge in [-0.2, -0.15) is 0 Å². The third-order valence-electron chi connectivity index (χ3n) is 4.59. The fourth-order valence-electron chi connectivity index (χ4n) is 3.03. The zero-order chi connectivity index (χ0) is 15.1. The number of carbonyl (C=O) groups excluding carboxylic acids is 1. The van der Waals surface area contributed by atoms with Crippen molar-refractivity contribution in [3.8, 4) is 0 Å². The predicted molar refractivity (Wildman–Crippen MR) is 86.3 cm³/mol. The number of benzene rings is 1. The van der Waals surface area contributed by atoms with Crippen molar-refractivity contribution >= 4 is 5.91 Å². The Labute approximate surface area is 128 Å². The van der Waals surface area contributed by atoms with Gasteiger partial charge in [-0.15, -0.1) is 0 Å². The summed E-state index contributed by atoms with van der Waals surface area (Å²) in [4.78, 5) is 13.8. The minimum absolute atomic E-state index is 0.0635. The van der Waals surface area contributed by atoms with E-state index in [1.165, 1.54) is 48.1 Å². The van der Waals surface area contributed by atoms with Gasteiger partial charge in [0.15, 0.2) is 6.04 Å². The lowest BCUT2D eigenvalue weighted by atomic mass is 10.1. The molecule has 1 heterocycles. The fraction of sp³-hybridized carbons (Fsp3) is 0.611. The molecule has 0 aromatic heterocycles. The van der Waals surface area contributed by atoms with Gasteiger partial charge >= 0.3 is 0 Å². The Morgan fingerprint density at radius 3 is 2.29 bits per heavy atom. The van der Waals surface area contributed by atoms with Gasteiger partial charge in [0.2, 0.25) is 0 Å². The van der Waals surface area contributed by atoms with Crippen LogP contribution in [0.4, 0.5) is 0 Å². The highest BCUT2D eigenvalue weighted by atomic mass is 16.2. The van der Waals surface area contributed by atoms with E-state index in [9.17, 15) is 4.79 Å². The van der Waals surface area contributed by atoms with Crippen molar-refractivity contribution in [3.05, 3.63) is 35.4 Å². The third-order valence-corrected chi connectivity index (χ3v) is 4.59. The normalized spacial score (nSPS) is 18.6. The molecular formula is C18H29N2O+. The number of aryl methyl sites for hydroxylation is 1. The topological polar surface area (TPSA) is 33.5 Å². The first-order valence-corrected chi connectivity index (χ1v) is 8.34. The van der Waals surface area contributed by atoms with E-state index >= 15 is 0 Å². The second-order valence-corrected chi connectivity index (χ2v) is 6.35. The molecule has 1 fully saturated rings. The van der Waals surface area contributed by atoms with Crippen LogP contribution >= 0.6 is 0 Å². The van der Waals surface area contributed by atoms with Crippen LogP contribution in [0.2, 0.25) is 0 Å². The number of nitrogens with one attached hydrogen (secondary N) is 2. The second-order valence-electron chi connectivity index (χ2n) is 6.35. The second kappa shape index (κ2) is 8.18.